The lowest BCUT2D eigenvalue weighted by molar-refractivity contribution is 0.339. The highest BCUT2D eigenvalue weighted by atomic mass is 35.5. The van der Waals surface area contributed by atoms with Crippen molar-refractivity contribution in [1.82, 2.24) is 9.91 Å². The van der Waals surface area contributed by atoms with Crippen LogP contribution in [0.3, 0.4) is 0 Å². The molecule has 0 aliphatic rings. The zero-order chi connectivity index (χ0) is 17.7. The molecule has 0 fully saturated rings. The largest absolute Gasteiger partial charge is 0.455 e. The molecule has 0 aliphatic heterocycles. The molecule has 1 aromatic carbocycles. The van der Waals surface area contributed by atoms with Gasteiger partial charge in [0.1, 0.15) is 11.5 Å². The molecular formula is C16H18Cl2N4OS. The van der Waals surface area contributed by atoms with Crippen molar-refractivity contribution in [2.45, 2.75) is 0 Å². The fraction of sp³-hybridized carbons (Fsp3) is 0.250. The zero-order valence-corrected chi connectivity index (χ0v) is 15.7. The van der Waals surface area contributed by atoms with Gasteiger partial charge >= 0.3 is 0 Å². The number of thiocarbonyl (C=S) groups is 1. The first-order valence-electron chi connectivity index (χ1n) is 7.18. The molecule has 2 N–H and O–H groups in total. The predicted molar refractivity (Wildman–Crippen MR) is 104 cm³/mol. The number of halogens is 2. The van der Waals surface area contributed by atoms with Gasteiger partial charge in [0.15, 0.2) is 5.11 Å². The van der Waals surface area contributed by atoms with Crippen LogP contribution < -0.4 is 5.73 Å². The Kier molecular flexibility index (Phi) is 6.62. The second kappa shape index (κ2) is 8.48. The molecule has 0 atom stereocenters. The van der Waals surface area contributed by atoms with Gasteiger partial charge in [-0.1, -0.05) is 23.2 Å². The number of furan rings is 1. The maximum atomic E-state index is 6.03. The molecular weight excluding hydrogens is 367 g/mol. The summed E-state index contributed by atoms with van der Waals surface area (Å²) in [7, 11) is 3.94. The topological polar surface area (TPSA) is 58.0 Å². The Morgan fingerprint density at radius 2 is 1.96 bits per heavy atom. The van der Waals surface area contributed by atoms with Crippen molar-refractivity contribution in [3.05, 3.63) is 46.1 Å². The van der Waals surface area contributed by atoms with Gasteiger partial charge in [-0.3, -0.25) is 0 Å². The molecule has 0 radical (unpaired) electrons. The molecule has 0 saturated heterocycles. The van der Waals surface area contributed by atoms with Crippen molar-refractivity contribution < 1.29 is 4.42 Å². The van der Waals surface area contributed by atoms with Crippen molar-refractivity contribution in [3.63, 3.8) is 0 Å². The normalized spacial score (nSPS) is 11.4. The van der Waals surface area contributed by atoms with Gasteiger partial charge in [-0.05, 0) is 56.6 Å². The molecule has 0 saturated carbocycles. The van der Waals surface area contributed by atoms with E-state index < -0.39 is 0 Å². The first-order chi connectivity index (χ1) is 11.4. The molecule has 5 nitrogen and oxygen atoms in total. The molecule has 1 aromatic heterocycles. The van der Waals surface area contributed by atoms with E-state index in [1.165, 1.54) is 0 Å². The number of hydrogen-bond donors (Lipinski definition) is 1. The summed E-state index contributed by atoms with van der Waals surface area (Å²) in [5.41, 5.74) is 6.52. The molecule has 128 valence electrons. The quantitative estimate of drug-likeness (QED) is 0.467. The maximum Gasteiger partial charge on any atom is 0.187 e. The fourth-order valence-electron chi connectivity index (χ4n) is 1.87. The molecule has 0 aliphatic carbocycles. The first-order valence-corrected chi connectivity index (χ1v) is 8.34. The minimum absolute atomic E-state index is 0.212. The number of nitrogens with zero attached hydrogens (tertiary/aromatic N) is 3. The van der Waals surface area contributed by atoms with Gasteiger partial charge < -0.3 is 15.1 Å². The van der Waals surface area contributed by atoms with Gasteiger partial charge in [0.25, 0.3) is 0 Å². The third-order valence-corrected chi connectivity index (χ3v) is 4.12. The van der Waals surface area contributed by atoms with Gasteiger partial charge in [-0.2, -0.15) is 5.10 Å². The summed E-state index contributed by atoms with van der Waals surface area (Å²) >= 11 is 17.0. The Balaban J connectivity index is 2.11. The summed E-state index contributed by atoms with van der Waals surface area (Å²) in [6.45, 7) is 1.38. The fourth-order valence-corrected chi connectivity index (χ4v) is 2.31. The highest BCUT2D eigenvalue weighted by Gasteiger charge is 2.08. The van der Waals surface area contributed by atoms with E-state index in [1.807, 2.05) is 37.2 Å². The van der Waals surface area contributed by atoms with E-state index in [2.05, 4.69) is 5.10 Å². The number of hydrogen-bond acceptors (Lipinski definition) is 4. The van der Waals surface area contributed by atoms with Crippen molar-refractivity contribution >= 4 is 46.7 Å². The van der Waals surface area contributed by atoms with Crippen LogP contribution >= 0.6 is 35.4 Å². The smallest absolute Gasteiger partial charge is 0.187 e. The van der Waals surface area contributed by atoms with Crippen LogP contribution in [0.4, 0.5) is 0 Å². The van der Waals surface area contributed by atoms with Crippen LogP contribution in [-0.4, -0.2) is 48.4 Å². The van der Waals surface area contributed by atoms with Crippen molar-refractivity contribution in [3.8, 4) is 11.3 Å². The number of hydrazone groups is 1. The molecule has 1 heterocycles. The summed E-state index contributed by atoms with van der Waals surface area (Å²) in [4.78, 5) is 2.02. The number of benzene rings is 1. The lowest BCUT2D eigenvalue weighted by Gasteiger charge is -2.18. The molecule has 0 unspecified atom stereocenters. The monoisotopic (exact) mass is 384 g/mol. The maximum absolute atomic E-state index is 6.03. The van der Waals surface area contributed by atoms with Crippen LogP contribution in [0.25, 0.3) is 11.3 Å². The zero-order valence-electron chi connectivity index (χ0n) is 13.4. The predicted octanol–water partition coefficient (Wildman–Crippen LogP) is 3.69. The number of nitrogens with two attached hydrogens (primary N) is 1. The molecule has 0 bridgehead atoms. The SMILES string of the molecule is CN(C)CCN(/N=C/c1ccc(-c2ccc(Cl)c(Cl)c2)o1)C(N)=S. The Morgan fingerprint density at radius 3 is 2.58 bits per heavy atom. The molecule has 24 heavy (non-hydrogen) atoms. The minimum Gasteiger partial charge on any atom is -0.455 e. The second-order valence-corrected chi connectivity index (χ2v) is 6.57. The summed E-state index contributed by atoms with van der Waals surface area (Å²) < 4.78 is 5.75. The lowest BCUT2D eigenvalue weighted by Crippen LogP contribution is -2.36. The average molecular weight is 385 g/mol. The number of rotatable bonds is 6. The third-order valence-electron chi connectivity index (χ3n) is 3.17. The van der Waals surface area contributed by atoms with Crippen molar-refractivity contribution in [2.24, 2.45) is 10.8 Å². The second-order valence-electron chi connectivity index (χ2n) is 5.34. The van der Waals surface area contributed by atoms with Crippen LogP contribution in [-0.2, 0) is 0 Å². The van der Waals surface area contributed by atoms with E-state index >= 15 is 0 Å². The highest BCUT2D eigenvalue weighted by molar-refractivity contribution is 7.80. The summed E-state index contributed by atoms with van der Waals surface area (Å²) in [6, 6.07) is 8.97. The first kappa shape index (κ1) is 18.7. The minimum atomic E-state index is 0.212. The Hall–Kier alpha value is -1.60. The van der Waals surface area contributed by atoms with E-state index in [9.17, 15) is 0 Å². The van der Waals surface area contributed by atoms with Gasteiger partial charge in [-0.25, -0.2) is 5.01 Å². The van der Waals surface area contributed by atoms with E-state index in [0.29, 0.717) is 28.1 Å². The van der Waals surface area contributed by atoms with Gasteiger partial charge in [0, 0.05) is 12.1 Å². The van der Waals surface area contributed by atoms with Crippen molar-refractivity contribution in [1.29, 1.82) is 0 Å². The summed E-state index contributed by atoms with van der Waals surface area (Å²) in [5, 5.41) is 7.02. The van der Waals surface area contributed by atoms with Crippen LogP contribution in [0.5, 0.6) is 0 Å². The highest BCUT2D eigenvalue weighted by Crippen LogP contribution is 2.29. The Bertz CT molecular complexity index is 745. The van der Waals surface area contributed by atoms with E-state index in [4.69, 9.17) is 45.6 Å². The van der Waals surface area contributed by atoms with Crippen LogP contribution in [0.15, 0.2) is 39.9 Å². The molecule has 2 rings (SSSR count). The van der Waals surface area contributed by atoms with Crippen LogP contribution in [0, 0.1) is 0 Å². The van der Waals surface area contributed by atoms with Gasteiger partial charge in [0.05, 0.1) is 22.8 Å². The van der Waals surface area contributed by atoms with Crippen molar-refractivity contribution in [2.75, 3.05) is 27.2 Å². The summed E-state index contributed by atoms with van der Waals surface area (Å²) in [6.07, 6.45) is 1.58. The van der Waals surface area contributed by atoms with Crippen LogP contribution in [0.1, 0.15) is 5.76 Å². The summed E-state index contributed by atoms with van der Waals surface area (Å²) in [5.74, 6) is 1.26. The molecule has 0 spiro atoms. The number of likely N-dealkylation sites (N-methyl/N-ethyl adjacent to an activating group) is 1. The van der Waals surface area contributed by atoms with Gasteiger partial charge in [-0.15, -0.1) is 0 Å². The molecule has 8 heteroatoms. The standard InChI is InChI=1S/C16H18Cl2N4OS/c1-21(2)7-8-22(16(19)24)20-10-12-4-6-15(23-12)11-3-5-13(17)14(18)9-11/h3-6,9-10H,7-8H2,1-2H3,(H2,19,24)/b20-10+. The Morgan fingerprint density at radius 1 is 1.21 bits per heavy atom. The molecule has 2 aromatic rings. The van der Waals surface area contributed by atoms with E-state index in [0.717, 1.165) is 12.1 Å². The van der Waals surface area contributed by atoms with Gasteiger partial charge in [0.2, 0.25) is 0 Å². The molecule has 0 amide bonds. The Labute approximate surface area is 156 Å². The van der Waals surface area contributed by atoms with E-state index in [-0.39, 0.29) is 5.11 Å². The third kappa shape index (κ3) is 5.21. The average Bonchev–Trinajstić information content (AvgIpc) is 2.98. The van der Waals surface area contributed by atoms with E-state index in [1.54, 1.807) is 23.4 Å². The van der Waals surface area contributed by atoms with Crippen LogP contribution in [0.2, 0.25) is 10.0 Å². The lowest BCUT2D eigenvalue weighted by atomic mass is 10.2.